The summed E-state index contributed by atoms with van der Waals surface area (Å²) in [5.41, 5.74) is 2.71. The molecule has 0 saturated heterocycles. The van der Waals surface area contributed by atoms with Crippen molar-refractivity contribution in [1.82, 2.24) is 19.9 Å². The number of nitrogens with zero attached hydrogens (tertiary/aromatic N) is 3. The zero-order chi connectivity index (χ0) is 19.6. The van der Waals surface area contributed by atoms with Gasteiger partial charge in [-0.3, -0.25) is 0 Å². The zero-order valence-corrected chi connectivity index (χ0v) is 16.6. The number of imidazole rings is 1. The SMILES string of the molecule is CC(C)(C)CNCCCOc1ccc2ncc(-c3cc4ccccc4o3)n2n1. The van der Waals surface area contributed by atoms with Crippen LogP contribution >= 0.6 is 0 Å². The topological polar surface area (TPSA) is 64.6 Å². The quantitative estimate of drug-likeness (QED) is 0.478. The fourth-order valence-corrected chi connectivity index (χ4v) is 3.05. The molecular formula is C22H26N4O2. The van der Waals surface area contributed by atoms with E-state index in [1.165, 1.54) is 0 Å². The predicted octanol–water partition coefficient (Wildman–Crippen LogP) is 4.55. The number of nitrogens with one attached hydrogen (secondary N) is 1. The Morgan fingerprint density at radius 3 is 2.82 bits per heavy atom. The standard InChI is InChI=1S/C22H26N4O2/c1-22(2,3)15-23-11-6-12-27-21-10-9-20-24-14-17(26(20)25-21)19-13-16-7-4-5-8-18(16)28-19/h4-5,7-10,13-14,23H,6,11-12,15H2,1-3H3. The Morgan fingerprint density at radius 2 is 2.00 bits per heavy atom. The van der Waals surface area contributed by atoms with Gasteiger partial charge in [0.2, 0.25) is 5.88 Å². The number of para-hydroxylation sites is 1. The zero-order valence-electron chi connectivity index (χ0n) is 16.6. The number of aromatic nitrogens is 3. The second-order valence-electron chi connectivity index (χ2n) is 8.17. The molecule has 0 amide bonds. The fourth-order valence-electron chi connectivity index (χ4n) is 3.05. The number of rotatable bonds is 7. The van der Waals surface area contributed by atoms with Gasteiger partial charge < -0.3 is 14.5 Å². The van der Waals surface area contributed by atoms with Crippen LogP contribution in [0.2, 0.25) is 0 Å². The molecule has 1 aromatic carbocycles. The van der Waals surface area contributed by atoms with Crippen LogP contribution in [0.25, 0.3) is 28.1 Å². The summed E-state index contributed by atoms with van der Waals surface area (Å²) in [6.07, 6.45) is 2.70. The summed E-state index contributed by atoms with van der Waals surface area (Å²) in [6.45, 7) is 9.20. The summed E-state index contributed by atoms with van der Waals surface area (Å²) in [4.78, 5) is 4.42. The third kappa shape index (κ3) is 4.17. The highest BCUT2D eigenvalue weighted by Crippen LogP contribution is 2.28. The van der Waals surface area contributed by atoms with Crippen molar-refractivity contribution in [2.75, 3.05) is 19.7 Å². The van der Waals surface area contributed by atoms with Gasteiger partial charge in [0, 0.05) is 11.5 Å². The number of hydrogen-bond donors (Lipinski definition) is 1. The van der Waals surface area contributed by atoms with E-state index in [9.17, 15) is 0 Å². The molecule has 0 spiro atoms. The first-order valence-electron chi connectivity index (χ1n) is 9.67. The highest BCUT2D eigenvalue weighted by Gasteiger charge is 2.13. The summed E-state index contributed by atoms with van der Waals surface area (Å²) in [7, 11) is 0. The van der Waals surface area contributed by atoms with Gasteiger partial charge >= 0.3 is 0 Å². The van der Waals surface area contributed by atoms with Crippen molar-refractivity contribution in [3.8, 4) is 17.3 Å². The van der Waals surface area contributed by atoms with Crippen LogP contribution in [0.3, 0.4) is 0 Å². The molecule has 4 rings (SSSR count). The molecule has 0 aliphatic heterocycles. The smallest absolute Gasteiger partial charge is 0.231 e. The monoisotopic (exact) mass is 378 g/mol. The lowest BCUT2D eigenvalue weighted by atomic mass is 9.97. The number of ether oxygens (including phenoxy) is 1. The van der Waals surface area contributed by atoms with E-state index in [-0.39, 0.29) is 0 Å². The van der Waals surface area contributed by atoms with E-state index in [0.29, 0.717) is 17.9 Å². The second kappa shape index (κ2) is 7.64. The lowest BCUT2D eigenvalue weighted by Gasteiger charge is -2.18. The van der Waals surface area contributed by atoms with Crippen LogP contribution in [0, 0.1) is 5.41 Å². The number of benzene rings is 1. The molecule has 0 unspecified atom stereocenters. The van der Waals surface area contributed by atoms with E-state index in [0.717, 1.165) is 47.6 Å². The molecule has 3 aromatic heterocycles. The Morgan fingerprint density at radius 1 is 1.14 bits per heavy atom. The van der Waals surface area contributed by atoms with Gasteiger partial charge in [-0.05, 0) is 43.1 Å². The van der Waals surface area contributed by atoms with E-state index < -0.39 is 0 Å². The summed E-state index contributed by atoms with van der Waals surface area (Å²) in [5.74, 6) is 1.32. The van der Waals surface area contributed by atoms with E-state index in [1.54, 1.807) is 10.7 Å². The van der Waals surface area contributed by atoms with Gasteiger partial charge in [-0.25, -0.2) is 9.50 Å². The van der Waals surface area contributed by atoms with Crippen molar-refractivity contribution in [3.05, 3.63) is 48.7 Å². The first kappa shape index (κ1) is 18.5. The Balaban J connectivity index is 1.44. The van der Waals surface area contributed by atoms with Gasteiger partial charge in [-0.15, -0.1) is 5.10 Å². The Kier molecular flexibility index (Phi) is 5.05. The molecule has 1 N–H and O–H groups in total. The van der Waals surface area contributed by atoms with Gasteiger partial charge in [0.05, 0.1) is 12.8 Å². The molecular weight excluding hydrogens is 352 g/mol. The van der Waals surface area contributed by atoms with Gasteiger partial charge in [0.15, 0.2) is 11.4 Å². The molecule has 28 heavy (non-hydrogen) atoms. The maximum Gasteiger partial charge on any atom is 0.231 e. The van der Waals surface area contributed by atoms with Crippen molar-refractivity contribution in [3.63, 3.8) is 0 Å². The van der Waals surface area contributed by atoms with Gasteiger partial charge in [0.1, 0.15) is 11.3 Å². The summed E-state index contributed by atoms with van der Waals surface area (Å²) in [6, 6.07) is 13.7. The van der Waals surface area contributed by atoms with Crippen molar-refractivity contribution in [2.24, 2.45) is 5.41 Å². The highest BCUT2D eigenvalue weighted by atomic mass is 16.5. The third-order valence-electron chi connectivity index (χ3n) is 4.42. The van der Waals surface area contributed by atoms with Crippen molar-refractivity contribution >= 4 is 16.6 Å². The van der Waals surface area contributed by atoms with Crippen LogP contribution in [-0.4, -0.2) is 34.3 Å². The van der Waals surface area contributed by atoms with Crippen LogP contribution < -0.4 is 10.1 Å². The first-order chi connectivity index (χ1) is 13.5. The van der Waals surface area contributed by atoms with E-state index >= 15 is 0 Å². The first-order valence-corrected chi connectivity index (χ1v) is 9.67. The normalized spacial score (nSPS) is 12.1. The largest absolute Gasteiger partial charge is 0.477 e. The van der Waals surface area contributed by atoms with Crippen molar-refractivity contribution < 1.29 is 9.15 Å². The molecule has 0 fully saturated rings. The van der Waals surface area contributed by atoms with Crippen molar-refractivity contribution in [1.29, 1.82) is 0 Å². The molecule has 0 bridgehead atoms. The molecule has 4 aromatic rings. The van der Waals surface area contributed by atoms with Gasteiger partial charge in [-0.2, -0.15) is 0 Å². The minimum absolute atomic E-state index is 0.294. The molecule has 146 valence electrons. The van der Waals surface area contributed by atoms with Gasteiger partial charge in [0.25, 0.3) is 0 Å². The van der Waals surface area contributed by atoms with Crippen LogP contribution in [-0.2, 0) is 0 Å². The minimum atomic E-state index is 0.294. The average Bonchev–Trinajstić information content (AvgIpc) is 3.26. The Hall–Kier alpha value is -2.86. The fraction of sp³-hybridized carbons (Fsp3) is 0.364. The number of furan rings is 1. The maximum atomic E-state index is 5.96. The summed E-state index contributed by atoms with van der Waals surface area (Å²) >= 11 is 0. The van der Waals surface area contributed by atoms with Crippen LogP contribution in [0.1, 0.15) is 27.2 Å². The Bertz CT molecular complexity index is 1040. The highest BCUT2D eigenvalue weighted by molar-refractivity contribution is 5.82. The Labute approximate surface area is 164 Å². The van der Waals surface area contributed by atoms with Crippen LogP contribution in [0.5, 0.6) is 5.88 Å². The van der Waals surface area contributed by atoms with E-state index in [2.05, 4.69) is 36.2 Å². The average molecular weight is 378 g/mol. The molecule has 0 radical (unpaired) electrons. The van der Waals surface area contributed by atoms with Gasteiger partial charge in [-0.1, -0.05) is 39.0 Å². The van der Waals surface area contributed by atoms with E-state index in [1.807, 2.05) is 42.5 Å². The third-order valence-corrected chi connectivity index (χ3v) is 4.42. The predicted molar refractivity (Wildman–Crippen MR) is 111 cm³/mol. The van der Waals surface area contributed by atoms with E-state index in [4.69, 9.17) is 9.15 Å². The molecule has 3 heterocycles. The number of fused-ring (bicyclic) bond motifs is 2. The van der Waals surface area contributed by atoms with Crippen molar-refractivity contribution in [2.45, 2.75) is 27.2 Å². The minimum Gasteiger partial charge on any atom is -0.477 e. The molecule has 0 aliphatic carbocycles. The lowest BCUT2D eigenvalue weighted by Crippen LogP contribution is -2.28. The molecule has 0 saturated carbocycles. The van der Waals surface area contributed by atoms with Crippen LogP contribution in [0.15, 0.2) is 53.1 Å². The molecule has 6 nitrogen and oxygen atoms in total. The maximum absolute atomic E-state index is 5.96. The lowest BCUT2D eigenvalue weighted by molar-refractivity contribution is 0.287. The summed E-state index contributed by atoms with van der Waals surface area (Å²) < 4.78 is 13.6. The number of hydrogen-bond acceptors (Lipinski definition) is 5. The summed E-state index contributed by atoms with van der Waals surface area (Å²) in [5, 5.41) is 9.10. The molecule has 0 atom stereocenters. The second-order valence-corrected chi connectivity index (χ2v) is 8.17. The molecule has 0 aliphatic rings. The molecule has 6 heteroatoms. The van der Waals surface area contributed by atoms with Crippen LogP contribution in [0.4, 0.5) is 0 Å².